The van der Waals surface area contributed by atoms with Crippen LogP contribution in [0.5, 0.6) is 5.75 Å². The second kappa shape index (κ2) is 5.35. The molecule has 0 saturated carbocycles. The first-order valence-electron chi connectivity index (χ1n) is 5.68. The number of anilines is 1. The number of pyridine rings is 1. The number of carbonyl (C=O) groups excluding carboxylic acids is 1. The van der Waals surface area contributed by atoms with Gasteiger partial charge in [-0.2, -0.15) is 0 Å². The molecule has 1 heterocycles. The van der Waals surface area contributed by atoms with Crippen LogP contribution in [-0.4, -0.2) is 20.9 Å². The molecular formula is C13H11N3O4. The van der Waals surface area contributed by atoms with Crippen molar-refractivity contribution in [2.75, 3.05) is 5.32 Å². The van der Waals surface area contributed by atoms with Crippen molar-refractivity contribution in [2.45, 2.75) is 6.92 Å². The van der Waals surface area contributed by atoms with Gasteiger partial charge in [0.2, 0.25) is 0 Å². The largest absolute Gasteiger partial charge is 0.506 e. The van der Waals surface area contributed by atoms with E-state index in [1.807, 2.05) is 0 Å². The minimum atomic E-state index is -0.513. The molecule has 0 atom stereocenters. The maximum absolute atomic E-state index is 12.0. The molecule has 0 spiro atoms. The highest BCUT2D eigenvalue weighted by molar-refractivity contribution is 6.04. The molecule has 102 valence electrons. The predicted molar refractivity (Wildman–Crippen MR) is 71.7 cm³/mol. The van der Waals surface area contributed by atoms with Crippen molar-refractivity contribution >= 4 is 17.3 Å². The monoisotopic (exact) mass is 273 g/mol. The maximum Gasteiger partial charge on any atom is 0.274 e. The first-order chi connectivity index (χ1) is 9.49. The van der Waals surface area contributed by atoms with Gasteiger partial charge in [0, 0.05) is 12.3 Å². The molecule has 0 unspecified atom stereocenters. The number of aromatic nitrogens is 1. The first kappa shape index (κ1) is 13.5. The summed E-state index contributed by atoms with van der Waals surface area (Å²) in [4.78, 5) is 26.0. The third kappa shape index (κ3) is 2.72. The van der Waals surface area contributed by atoms with E-state index in [0.717, 1.165) is 0 Å². The fraction of sp³-hybridized carbons (Fsp3) is 0.0769. The summed E-state index contributed by atoms with van der Waals surface area (Å²) in [7, 11) is 0. The first-order valence-corrected chi connectivity index (χ1v) is 5.68. The van der Waals surface area contributed by atoms with Gasteiger partial charge in [-0.1, -0.05) is 6.07 Å². The SMILES string of the molecule is Cc1c(NC(=O)c2cncc(O)c2)cccc1[N+](=O)[O-]. The van der Waals surface area contributed by atoms with Crippen molar-refractivity contribution in [2.24, 2.45) is 0 Å². The highest BCUT2D eigenvalue weighted by atomic mass is 16.6. The smallest absolute Gasteiger partial charge is 0.274 e. The van der Waals surface area contributed by atoms with Crippen molar-refractivity contribution in [1.29, 1.82) is 0 Å². The molecule has 0 bridgehead atoms. The van der Waals surface area contributed by atoms with Gasteiger partial charge in [-0.25, -0.2) is 0 Å². The van der Waals surface area contributed by atoms with E-state index < -0.39 is 10.8 Å². The molecule has 20 heavy (non-hydrogen) atoms. The molecule has 0 fully saturated rings. The molecule has 2 N–H and O–H groups in total. The van der Waals surface area contributed by atoms with Crippen molar-refractivity contribution in [3.63, 3.8) is 0 Å². The Morgan fingerprint density at radius 2 is 2.15 bits per heavy atom. The number of benzene rings is 1. The summed E-state index contributed by atoms with van der Waals surface area (Å²) in [5.74, 6) is -0.634. The van der Waals surface area contributed by atoms with E-state index in [9.17, 15) is 20.0 Å². The number of amides is 1. The highest BCUT2D eigenvalue weighted by Crippen LogP contribution is 2.25. The molecule has 7 heteroatoms. The van der Waals surface area contributed by atoms with Crippen LogP contribution in [0.25, 0.3) is 0 Å². The van der Waals surface area contributed by atoms with E-state index in [4.69, 9.17) is 0 Å². The predicted octanol–water partition coefficient (Wildman–Crippen LogP) is 2.26. The van der Waals surface area contributed by atoms with E-state index in [1.165, 1.54) is 30.6 Å². The zero-order valence-electron chi connectivity index (χ0n) is 10.5. The fourth-order valence-electron chi connectivity index (χ4n) is 1.70. The normalized spacial score (nSPS) is 10.1. The molecule has 0 radical (unpaired) electrons. The number of nitrogens with one attached hydrogen (secondary N) is 1. The second-order valence-corrected chi connectivity index (χ2v) is 4.09. The lowest BCUT2D eigenvalue weighted by molar-refractivity contribution is -0.385. The zero-order valence-corrected chi connectivity index (χ0v) is 10.5. The second-order valence-electron chi connectivity index (χ2n) is 4.09. The van der Waals surface area contributed by atoms with Gasteiger partial charge >= 0.3 is 0 Å². The lowest BCUT2D eigenvalue weighted by atomic mass is 10.1. The van der Waals surface area contributed by atoms with Gasteiger partial charge in [-0.15, -0.1) is 0 Å². The fourth-order valence-corrected chi connectivity index (χ4v) is 1.70. The summed E-state index contributed by atoms with van der Waals surface area (Å²) in [6, 6.07) is 5.67. The Kier molecular flexibility index (Phi) is 3.60. The molecule has 2 aromatic rings. The number of carbonyl (C=O) groups is 1. The van der Waals surface area contributed by atoms with Crippen LogP contribution in [0.4, 0.5) is 11.4 Å². The molecule has 0 aliphatic rings. The van der Waals surface area contributed by atoms with E-state index in [-0.39, 0.29) is 17.0 Å². The van der Waals surface area contributed by atoms with Crippen LogP contribution in [0.2, 0.25) is 0 Å². The molecule has 7 nitrogen and oxygen atoms in total. The van der Waals surface area contributed by atoms with Crippen LogP contribution in [-0.2, 0) is 0 Å². The number of nitro benzene ring substituents is 1. The maximum atomic E-state index is 12.0. The number of nitrogens with zero attached hydrogens (tertiary/aromatic N) is 2. The number of aromatic hydroxyl groups is 1. The van der Waals surface area contributed by atoms with Crippen LogP contribution < -0.4 is 5.32 Å². The number of rotatable bonds is 3. The van der Waals surface area contributed by atoms with Gasteiger partial charge in [-0.3, -0.25) is 19.9 Å². The molecule has 1 aromatic carbocycles. The molecule has 0 aliphatic heterocycles. The van der Waals surface area contributed by atoms with Gasteiger partial charge in [0.05, 0.1) is 27.9 Å². The average Bonchev–Trinajstić information content (AvgIpc) is 2.40. The van der Waals surface area contributed by atoms with Gasteiger partial charge < -0.3 is 10.4 Å². The Morgan fingerprint density at radius 1 is 1.40 bits per heavy atom. The molecule has 1 amide bonds. The Hall–Kier alpha value is -2.96. The van der Waals surface area contributed by atoms with Crippen LogP contribution in [0, 0.1) is 17.0 Å². The quantitative estimate of drug-likeness (QED) is 0.659. The molecule has 2 rings (SSSR count). The van der Waals surface area contributed by atoms with Crippen molar-refractivity contribution < 1.29 is 14.8 Å². The lowest BCUT2D eigenvalue weighted by Crippen LogP contribution is -2.13. The average molecular weight is 273 g/mol. The molecule has 0 aliphatic carbocycles. The van der Waals surface area contributed by atoms with Crippen LogP contribution in [0.1, 0.15) is 15.9 Å². The van der Waals surface area contributed by atoms with E-state index in [2.05, 4.69) is 10.3 Å². The summed E-state index contributed by atoms with van der Waals surface area (Å²) in [6.07, 6.45) is 2.50. The number of hydrogen-bond donors (Lipinski definition) is 2. The standard InChI is InChI=1S/C13H11N3O4/c1-8-11(3-2-4-12(8)16(19)20)15-13(18)9-5-10(17)7-14-6-9/h2-7,17H,1H3,(H,15,18). The number of nitro groups is 1. The summed E-state index contributed by atoms with van der Waals surface area (Å²) < 4.78 is 0. The van der Waals surface area contributed by atoms with Gasteiger partial charge in [0.1, 0.15) is 5.75 Å². The molecule has 1 aromatic heterocycles. The third-order valence-corrected chi connectivity index (χ3v) is 2.74. The van der Waals surface area contributed by atoms with Crippen LogP contribution in [0.3, 0.4) is 0 Å². The van der Waals surface area contributed by atoms with E-state index in [1.54, 1.807) is 13.0 Å². The van der Waals surface area contributed by atoms with Crippen molar-refractivity contribution in [1.82, 2.24) is 4.98 Å². The molecule has 0 saturated heterocycles. The summed E-state index contributed by atoms with van der Waals surface area (Å²) >= 11 is 0. The number of hydrogen-bond acceptors (Lipinski definition) is 5. The summed E-state index contributed by atoms with van der Waals surface area (Å²) in [5.41, 5.74) is 0.791. The van der Waals surface area contributed by atoms with Crippen molar-refractivity contribution in [3.8, 4) is 5.75 Å². The Labute approximate surface area is 114 Å². The summed E-state index contributed by atoms with van der Waals surface area (Å²) in [6.45, 7) is 1.55. The minimum Gasteiger partial charge on any atom is -0.506 e. The molecular weight excluding hydrogens is 262 g/mol. The zero-order chi connectivity index (χ0) is 14.7. The van der Waals surface area contributed by atoms with Crippen molar-refractivity contribution in [3.05, 3.63) is 57.9 Å². The van der Waals surface area contributed by atoms with Crippen LogP contribution >= 0.6 is 0 Å². The van der Waals surface area contributed by atoms with Gasteiger partial charge in [0.15, 0.2) is 0 Å². The summed E-state index contributed by atoms with van der Waals surface area (Å²) in [5, 5.41) is 22.6. The van der Waals surface area contributed by atoms with Crippen LogP contribution in [0.15, 0.2) is 36.7 Å². The van der Waals surface area contributed by atoms with E-state index in [0.29, 0.717) is 11.3 Å². The Balaban J connectivity index is 2.29. The third-order valence-electron chi connectivity index (χ3n) is 2.74. The Morgan fingerprint density at radius 3 is 2.80 bits per heavy atom. The highest BCUT2D eigenvalue weighted by Gasteiger charge is 2.15. The van der Waals surface area contributed by atoms with Gasteiger partial charge in [0.25, 0.3) is 11.6 Å². The van der Waals surface area contributed by atoms with E-state index >= 15 is 0 Å². The van der Waals surface area contributed by atoms with Gasteiger partial charge in [-0.05, 0) is 19.1 Å². The minimum absolute atomic E-state index is 0.0724. The Bertz CT molecular complexity index is 685. The topological polar surface area (TPSA) is 105 Å². The lowest BCUT2D eigenvalue weighted by Gasteiger charge is -2.08.